The highest BCUT2D eigenvalue weighted by Crippen LogP contribution is 2.23. The number of nitrogens with two attached hydrogens (primary N) is 1. The zero-order chi connectivity index (χ0) is 13.8. The molecule has 0 bridgehead atoms. The maximum absolute atomic E-state index is 11.9. The Hall–Kier alpha value is -1.76. The van der Waals surface area contributed by atoms with Gasteiger partial charge in [0.15, 0.2) is 0 Å². The molecule has 0 radical (unpaired) electrons. The number of amides is 1. The molecule has 0 fully saturated rings. The van der Waals surface area contributed by atoms with E-state index in [1.54, 1.807) is 6.92 Å². The van der Waals surface area contributed by atoms with Crippen LogP contribution in [0.3, 0.4) is 0 Å². The zero-order valence-corrected chi connectivity index (χ0v) is 9.62. The summed E-state index contributed by atoms with van der Waals surface area (Å²) in [5.74, 6) is -0.637. The van der Waals surface area contributed by atoms with Crippen molar-refractivity contribution in [2.24, 2.45) is 5.73 Å². The summed E-state index contributed by atoms with van der Waals surface area (Å²) in [4.78, 5) is 11.3. The molecular weight excluding hydrogens is 249 g/mol. The van der Waals surface area contributed by atoms with Crippen LogP contribution in [0.15, 0.2) is 24.3 Å². The van der Waals surface area contributed by atoms with E-state index in [9.17, 15) is 18.0 Å². The van der Waals surface area contributed by atoms with Gasteiger partial charge in [-0.2, -0.15) is 0 Å². The first-order chi connectivity index (χ1) is 8.26. The van der Waals surface area contributed by atoms with Gasteiger partial charge in [-0.3, -0.25) is 4.79 Å². The Bertz CT molecular complexity index is 402. The minimum atomic E-state index is -4.72. The van der Waals surface area contributed by atoms with E-state index in [2.05, 4.69) is 10.1 Å². The molecule has 3 N–H and O–H groups in total. The van der Waals surface area contributed by atoms with Crippen LogP contribution in [0.4, 0.5) is 18.9 Å². The van der Waals surface area contributed by atoms with Crippen LogP contribution in [-0.2, 0) is 4.79 Å². The van der Waals surface area contributed by atoms with Crippen molar-refractivity contribution in [1.82, 2.24) is 0 Å². The predicted molar refractivity (Wildman–Crippen MR) is 60.0 cm³/mol. The molecule has 100 valence electrons. The van der Waals surface area contributed by atoms with Crippen LogP contribution in [0.1, 0.15) is 13.3 Å². The second-order valence-electron chi connectivity index (χ2n) is 3.80. The van der Waals surface area contributed by atoms with E-state index in [1.165, 1.54) is 12.1 Å². The molecule has 0 spiro atoms. The molecule has 1 aromatic rings. The predicted octanol–water partition coefficient (Wildman–Crippen LogP) is 2.26. The highest BCUT2D eigenvalue weighted by molar-refractivity contribution is 5.91. The lowest BCUT2D eigenvalue weighted by molar-refractivity contribution is -0.274. The molecule has 0 saturated carbocycles. The molecule has 0 aliphatic heterocycles. The maximum atomic E-state index is 11.9. The van der Waals surface area contributed by atoms with Gasteiger partial charge in [-0.1, -0.05) is 0 Å². The lowest BCUT2D eigenvalue weighted by atomic mass is 10.2. The van der Waals surface area contributed by atoms with Gasteiger partial charge in [0.2, 0.25) is 5.91 Å². The third-order valence-electron chi connectivity index (χ3n) is 1.88. The summed E-state index contributed by atoms with van der Waals surface area (Å²) < 4.78 is 39.4. The van der Waals surface area contributed by atoms with E-state index in [0.29, 0.717) is 5.69 Å². The average Bonchev–Trinajstić information content (AvgIpc) is 2.17. The molecule has 0 aliphatic rings. The Labute approximate surface area is 102 Å². The largest absolute Gasteiger partial charge is 0.573 e. The van der Waals surface area contributed by atoms with E-state index in [4.69, 9.17) is 5.73 Å². The summed E-state index contributed by atoms with van der Waals surface area (Å²) in [6, 6.07) is 4.60. The van der Waals surface area contributed by atoms with Crippen LogP contribution < -0.4 is 15.8 Å². The number of hydrogen-bond acceptors (Lipinski definition) is 3. The first-order valence-corrected chi connectivity index (χ1v) is 5.17. The quantitative estimate of drug-likeness (QED) is 0.874. The monoisotopic (exact) mass is 262 g/mol. The van der Waals surface area contributed by atoms with Crippen molar-refractivity contribution < 1.29 is 22.7 Å². The highest BCUT2D eigenvalue weighted by Gasteiger charge is 2.30. The van der Waals surface area contributed by atoms with Crippen molar-refractivity contribution in [1.29, 1.82) is 0 Å². The number of anilines is 1. The van der Waals surface area contributed by atoms with Gasteiger partial charge in [0.05, 0.1) is 0 Å². The number of rotatable bonds is 4. The van der Waals surface area contributed by atoms with Gasteiger partial charge in [0.1, 0.15) is 5.75 Å². The average molecular weight is 262 g/mol. The van der Waals surface area contributed by atoms with E-state index in [0.717, 1.165) is 12.1 Å². The summed E-state index contributed by atoms with van der Waals surface area (Å²) in [5, 5.41) is 2.51. The number of benzene rings is 1. The Morgan fingerprint density at radius 1 is 1.39 bits per heavy atom. The van der Waals surface area contributed by atoms with E-state index in [-0.39, 0.29) is 24.1 Å². The Morgan fingerprint density at radius 2 is 1.94 bits per heavy atom. The van der Waals surface area contributed by atoms with Crippen LogP contribution in [0, 0.1) is 0 Å². The molecule has 1 rings (SSSR count). The molecule has 1 unspecified atom stereocenters. The van der Waals surface area contributed by atoms with Gasteiger partial charge in [-0.25, -0.2) is 0 Å². The number of alkyl halides is 3. The van der Waals surface area contributed by atoms with E-state index < -0.39 is 6.36 Å². The van der Waals surface area contributed by atoms with Gasteiger partial charge >= 0.3 is 6.36 Å². The summed E-state index contributed by atoms with van der Waals surface area (Å²) >= 11 is 0. The zero-order valence-electron chi connectivity index (χ0n) is 9.62. The summed E-state index contributed by atoms with van der Waals surface area (Å²) in [5.41, 5.74) is 5.82. The molecule has 4 nitrogen and oxygen atoms in total. The number of ether oxygens (including phenoxy) is 1. The number of hydrogen-bond donors (Lipinski definition) is 2. The smallest absolute Gasteiger partial charge is 0.406 e. The second kappa shape index (κ2) is 5.72. The number of nitrogens with one attached hydrogen (secondary N) is 1. The lowest BCUT2D eigenvalue weighted by Gasteiger charge is -2.10. The van der Waals surface area contributed by atoms with Gasteiger partial charge in [-0.15, -0.1) is 13.2 Å². The Kier molecular flexibility index (Phi) is 4.55. The summed E-state index contributed by atoms with van der Waals surface area (Å²) in [7, 11) is 0. The van der Waals surface area contributed by atoms with Crippen LogP contribution in [0.5, 0.6) is 5.75 Å². The maximum Gasteiger partial charge on any atom is 0.573 e. The fraction of sp³-hybridized carbons (Fsp3) is 0.364. The first kappa shape index (κ1) is 14.3. The van der Waals surface area contributed by atoms with Crippen LogP contribution >= 0.6 is 0 Å². The van der Waals surface area contributed by atoms with Gasteiger partial charge < -0.3 is 15.8 Å². The second-order valence-corrected chi connectivity index (χ2v) is 3.80. The van der Waals surface area contributed by atoms with Crippen molar-refractivity contribution in [3.63, 3.8) is 0 Å². The molecule has 1 amide bonds. The third-order valence-corrected chi connectivity index (χ3v) is 1.88. The number of halogens is 3. The molecule has 0 heterocycles. The molecule has 7 heteroatoms. The van der Waals surface area contributed by atoms with Gasteiger partial charge in [-0.05, 0) is 31.2 Å². The third kappa shape index (κ3) is 5.53. The highest BCUT2D eigenvalue weighted by atomic mass is 19.4. The Balaban J connectivity index is 2.58. The molecular formula is C11H13F3N2O2. The van der Waals surface area contributed by atoms with E-state index in [1.807, 2.05) is 0 Å². The van der Waals surface area contributed by atoms with Crippen molar-refractivity contribution >= 4 is 11.6 Å². The Morgan fingerprint density at radius 3 is 2.39 bits per heavy atom. The molecule has 0 aliphatic carbocycles. The first-order valence-electron chi connectivity index (χ1n) is 5.17. The minimum absolute atomic E-state index is 0.140. The molecule has 0 saturated heterocycles. The van der Waals surface area contributed by atoms with Crippen molar-refractivity contribution in [3.05, 3.63) is 24.3 Å². The lowest BCUT2D eigenvalue weighted by Crippen LogP contribution is -2.24. The van der Waals surface area contributed by atoms with Crippen molar-refractivity contribution in [2.75, 3.05) is 5.32 Å². The normalized spacial score (nSPS) is 12.9. The summed E-state index contributed by atoms with van der Waals surface area (Å²) in [6.07, 6.45) is -4.58. The van der Waals surface area contributed by atoms with Crippen molar-refractivity contribution in [3.8, 4) is 5.75 Å². The van der Waals surface area contributed by atoms with Crippen molar-refractivity contribution in [2.45, 2.75) is 25.7 Å². The minimum Gasteiger partial charge on any atom is -0.406 e. The van der Waals surface area contributed by atoms with Gasteiger partial charge in [0, 0.05) is 18.2 Å². The summed E-state index contributed by atoms with van der Waals surface area (Å²) in [6.45, 7) is 1.68. The number of carbonyl (C=O) groups excluding carboxylic acids is 1. The fourth-order valence-corrected chi connectivity index (χ4v) is 1.24. The molecule has 1 aromatic carbocycles. The van der Waals surface area contributed by atoms with Crippen LogP contribution in [0.25, 0.3) is 0 Å². The SMILES string of the molecule is CC(N)CC(=O)Nc1ccc(OC(F)(F)F)cc1. The molecule has 0 aromatic heterocycles. The molecule has 1 atom stereocenters. The number of carbonyl (C=O) groups is 1. The molecule has 18 heavy (non-hydrogen) atoms. The fourth-order valence-electron chi connectivity index (χ4n) is 1.24. The standard InChI is InChI=1S/C11H13F3N2O2/c1-7(15)6-10(17)16-8-2-4-9(5-3-8)18-11(12,13)14/h2-5,7H,6,15H2,1H3,(H,16,17). The topological polar surface area (TPSA) is 64.4 Å². The van der Waals surface area contributed by atoms with Crippen LogP contribution in [0.2, 0.25) is 0 Å². The van der Waals surface area contributed by atoms with E-state index >= 15 is 0 Å². The van der Waals surface area contributed by atoms with Gasteiger partial charge in [0.25, 0.3) is 0 Å². The van der Waals surface area contributed by atoms with Crippen LogP contribution in [-0.4, -0.2) is 18.3 Å².